The molecule has 0 bridgehead atoms. The molecule has 6 nitrogen and oxygen atoms in total. The van der Waals surface area contributed by atoms with E-state index in [9.17, 15) is 20.2 Å². The van der Waals surface area contributed by atoms with Crippen LogP contribution in [0.15, 0.2) is 42.6 Å². The summed E-state index contributed by atoms with van der Waals surface area (Å²) < 4.78 is 1.62. The van der Waals surface area contributed by atoms with Crippen LogP contribution < -0.4 is 0 Å². The van der Waals surface area contributed by atoms with Crippen LogP contribution in [0.4, 0.5) is 5.69 Å². The third-order valence-electron chi connectivity index (χ3n) is 3.82. The quantitative estimate of drug-likeness (QED) is 0.411. The number of carbonyl (C=O) groups excluding carboxylic acids is 1. The summed E-state index contributed by atoms with van der Waals surface area (Å²) in [4.78, 5) is 23.3. The Morgan fingerprint density at radius 3 is 2.75 bits per heavy atom. The predicted molar refractivity (Wildman–Crippen MR) is 88.4 cm³/mol. The summed E-state index contributed by atoms with van der Waals surface area (Å²) >= 11 is 5.79. The van der Waals surface area contributed by atoms with Crippen LogP contribution in [0, 0.1) is 28.4 Å². The molecule has 0 unspecified atom stereocenters. The van der Waals surface area contributed by atoms with Crippen LogP contribution >= 0.6 is 11.6 Å². The first kappa shape index (κ1) is 15.7. The van der Waals surface area contributed by atoms with Crippen molar-refractivity contribution in [1.82, 2.24) is 4.40 Å². The van der Waals surface area contributed by atoms with E-state index in [2.05, 4.69) is 6.07 Å². The lowest BCUT2D eigenvalue weighted by Crippen LogP contribution is -2.07. The fourth-order valence-electron chi connectivity index (χ4n) is 2.68. The Hall–Kier alpha value is -3.17. The summed E-state index contributed by atoms with van der Waals surface area (Å²) in [6, 6.07) is 11.3. The van der Waals surface area contributed by atoms with Gasteiger partial charge in [-0.1, -0.05) is 17.7 Å². The summed E-state index contributed by atoms with van der Waals surface area (Å²) in [7, 11) is 0. The normalized spacial score (nSPS) is 10.5. The van der Waals surface area contributed by atoms with Gasteiger partial charge in [0.25, 0.3) is 5.69 Å². The fraction of sp³-hybridized carbons (Fsp3) is 0.0588. The van der Waals surface area contributed by atoms with Crippen molar-refractivity contribution in [2.24, 2.45) is 0 Å². The van der Waals surface area contributed by atoms with E-state index in [4.69, 9.17) is 11.6 Å². The number of nitrogens with zero attached hydrogens (tertiary/aromatic N) is 3. The van der Waals surface area contributed by atoms with E-state index in [1.807, 2.05) is 0 Å². The summed E-state index contributed by atoms with van der Waals surface area (Å²) in [5.41, 5.74) is 1.67. The van der Waals surface area contributed by atoms with Crippen LogP contribution in [0.5, 0.6) is 0 Å². The Morgan fingerprint density at radius 2 is 2.08 bits per heavy atom. The molecule has 0 atom stereocenters. The van der Waals surface area contributed by atoms with Crippen LogP contribution in [0.1, 0.15) is 27.2 Å². The van der Waals surface area contributed by atoms with Crippen LogP contribution in [0.3, 0.4) is 0 Å². The maximum atomic E-state index is 12.9. The Morgan fingerprint density at radius 1 is 1.33 bits per heavy atom. The Bertz CT molecular complexity index is 1050. The number of carbonyl (C=O) groups is 1. The van der Waals surface area contributed by atoms with E-state index in [1.54, 1.807) is 35.7 Å². The molecule has 118 valence electrons. The number of nitriles is 1. The third-order valence-corrected chi connectivity index (χ3v) is 4.14. The van der Waals surface area contributed by atoms with Gasteiger partial charge in [0, 0.05) is 17.8 Å². The van der Waals surface area contributed by atoms with Crippen LogP contribution in [-0.4, -0.2) is 15.1 Å². The molecule has 0 fully saturated rings. The smallest absolute Gasteiger partial charge is 0.288 e. The van der Waals surface area contributed by atoms with Crippen molar-refractivity contribution in [1.29, 1.82) is 5.26 Å². The Labute approximate surface area is 141 Å². The molecule has 2 heterocycles. The number of ketones is 1. The molecule has 0 N–H and O–H groups in total. The zero-order chi connectivity index (χ0) is 17.4. The summed E-state index contributed by atoms with van der Waals surface area (Å²) in [6.07, 6.45) is 1.68. The molecule has 3 rings (SSSR count). The molecule has 0 saturated heterocycles. The molecule has 7 heteroatoms. The number of hydrogen-bond donors (Lipinski definition) is 0. The van der Waals surface area contributed by atoms with Crippen molar-refractivity contribution < 1.29 is 9.72 Å². The van der Waals surface area contributed by atoms with Gasteiger partial charge >= 0.3 is 0 Å². The third kappa shape index (κ3) is 2.32. The highest BCUT2D eigenvalue weighted by Crippen LogP contribution is 2.29. The molecule has 0 aliphatic carbocycles. The number of benzene rings is 1. The first-order valence-electron chi connectivity index (χ1n) is 6.94. The Balaban J connectivity index is 2.24. The topological polar surface area (TPSA) is 88.4 Å². The second kappa shape index (κ2) is 5.80. The van der Waals surface area contributed by atoms with Gasteiger partial charge in [-0.15, -0.1) is 0 Å². The first-order chi connectivity index (χ1) is 11.5. The van der Waals surface area contributed by atoms with Crippen LogP contribution in [0.25, 0.3) is 5.52 Å². The second-order valence-corrected chi connectivity index (χ2v) is 5.58. The summed E-state index contributed by atoms with van der Waals surface area (Å²) in [6.45, 7) is 1.68. The highest BCUT2D eigenvalue weighted by Gasteiger charge is 2.23. The van der Waals surface area contributed by atoms with Crippen LogP contribution in [-0.2, 0) is 0 Å². The number of hydrogen-bond acceptors (Lipinski definition) is 4. The second-order valence-electron chi connectivity index (χ2n) is 5.17. The van der Waals surface area contributed by atoms with Gasteiger partial charge in [0.2, 0.25) is 5.78 Å². The number of rotatable bonds is 3. The molecular weight excluding hydrogens is 330 g/mol. The van der Waals surface area contributed by atoms with E-state index in [0.29, 0.717) is 22.3 Å². The number of halogens is 1. The van der Waals surface area contributed by atoms with Gasteiger partial charge in [-0.25, -0.2) is 0 Å². The van der Waals surface area contributed by atoms with E-state index < -0.39 is 10.7 Å². The Kier molecular flexibility index (Phi) is 3.80. The molecule has 0 spiro atoms. The van der Waals surface area contributed by atoms with Crippen molar-refractivity contribution in [3.05, 3.63) is 80.1 Å². The number of pyridine rings is 1. The largest absolute Gasteiger partial charge is 0.312 e. The molecule has 3 aromatic rings. The molecule has 2 aromatic heterocycles. The standard InChI is InChI=1S/C17H10ClN3O3/c1-10-12(9-19)14-4-2-3-7-20(14)16(10)17(22)11-5-6-13(18)15(8-11)21(23)24/h2-8H,1H3. The molecule has 0 radical (unpaired) electrons. The monoisotopic (exact) mass is 339 g/mol. The fourth-order valence-corrected chi connectivity index (χ4v) is 2.87. The van der Waals surface area contributed by atoms with E-state index >= 15 is 0 Å². The average Bonchev–Trinajstić information content (AvgIpc) is 2.85. The minimum atomic E-state index is -0.636. The number of aromatic nitrogens is 1. The van der Waals surface area contributed by atoms with Gasteiger partial charge in [-0.3, -0.25) is 14.9 Å². The lowest BCUT2D eigenvalue weighted by Gasteiger charge is -2.04. The van der Waals surface area contributed by atoms with Crippen molar-refractivity contribution in [3.8, 4) is 6.07 Å². The summed E-state index contributed by atoms with van der Waals surface area (Å²) in [5, 5.41) is 20.3. The molecule has 0 aliphatic rings. The maximum absolute atomic E-state index is 12.9. The SMILES string of the molecule is Cc1c(C#N)c2ccccn2c1C(=O)c1ccc(Cl)c([N+](=O)[O-])c1. The van der Waals surface area contributed by atoms with Crippen molar-refractivity contribution in [2.75, 3.05) is 0 Å². The van der Waals surface area contributed by atoms with Crippen molar-refractivity contribution >= 4 is 28.6 Å². The van der Waals surface area contributed by atoms with Gasteiger partial charge < -0.3 is 4.40 Å². The maximum Gasteiger partial charge on any atom is 0.288 e. The molecule has 0 amide bonds. The van der Waals surface area contributed by atoms with Gasteiger partial charge in [0.1, 0.15) is 11.1 Å². The zero-order valence-electron chi connectivity index (χ0n) is 12.5. The van der Waals surface area contributed by atoms with Crippen molar-refractivity contribution in [3.63, 3.8) is 0 Å². The number of nitro benzene ring substituents is 1. The van der Waals surface area contributed by atoms with Gasteiger partial charge in [0.05, 0.1) is 21.7 Å². The van der Waals surface area contributed by atoms with Gasteiger partial charge in [0.15, 0.2) is 0 Å². The van der Waals surface area contributed by atoms with Crippen molar-refractivity contribution in [2.45, 2.75) is 6.92 Å². The van der Waals surface area contributed by atoms with Gasteiger partial charge in [-0.05, 0) is 36.8 Å². The van der Waals surface area contributed by atoms with E-state index in [1.165, 1.54) is 12.1 Å². The average molecular weight is 340 g/mol. The first-order valence-corrected chi connectivity index (χ1v) is 7.32. The highest BCUT2D eigenvalue weighted by atomic mass is 35.5. The molecule has 0 aliphatic heterocycles. The van der Waals surface area contributed by atoms with E-state index in [-0.39, 0.29) is 16.3 Å². The summed E-state index contributed by atoms with van der Waals surface area (Å²) in [5.74, 6) is -0.407. The molecular formula is C17H10ClN3O3. The van der Waals surface area contributed by atoms with Crippen LogP contribution in [0.2, 0.25) is 5.02 Å². The zero-order valence-corrected chi connectivity index (χ0v) is 13.2. The predicted octanol–water partition coefficient (Wildman–Crippen LogP) is 3.91. The lowest BCUT2D eigenvalue weighted by molar-refractivity contribution is -0.384. The minimum Gasteiger partial charge on any atom is -0.312 e. The molecule has 24 heavy (non-hydrogen) atoms. The molecule has 1 aromatic carbocycles. The number of fused-ring (bicyclic) bond motifs is 1. The number of nitro groups is 1. The van der Waals surface area contributed by atoms with Gasteiger partial charge in [-0.2, -0.15) is 5.26 Å². The lowest BCUT2D eigenvalue weighted by atomic mass is 10.0. The highest BCUT2D eigenvalue weighted by molar-refractivity contribution is 6.32. The molecule has 0 saturated carbocycles. The van der Waals surface area contributed by atoms with E-state index in [0.717, 1.165) is 6.07 Å². The minimum absolute atomic E-state index is 0.0361.